The van der Waals surface area contributed by atoms with E-state index in [4.69, 9.17) is 14.2 Å². The van der Waals surface area contributed by atoms with Gasteiger partial charge in [-0.3, -0.25) is 24.3 Å². The van der Waals surface area contributed by atoms with Crippen LogP contribution in [-0.4, -0.2) is 110 Å². The molecule has 0 spiro atoms. The van der Waals surface area contributed by atoms with Gasteiger partial charge in [-0.2, -0.15) is 0 Å². The van der Waals surface area contributed by atoms with Gasteiger partial charge >= 0.3 is 0 Å². The van der Waals surface area contributed by atoms with Crippen molar-refractivity contribution in [2.45, 2.75) is 6.10 Å². The second-order valence-corrected chi connectivity index (χ2v) is 9.87. The van der Waals surface area contributed by atoms with Gasteiger partial charge < -0.3 is 19.3 Å². The third kappa shape index (κ3) is 6.39. The van der Waals surface area contributed by atoms with Crippen molar-refractivity contribution < 1.29 is 28.9 Å². The van der Waals surface area contributed by atoms with E-state index in [-0.39, 0.29) is 18.4 Å². The SMILES string of the molecule is COc1cccc(OCCOCC(O)CN2CCN(CCN3C(=O)c4cccc5cccc(c45)C3=O)CC2)c1. The van der Waals surface area contributed by atoms with Crippen molar-refractivity contribution in [3.8, 4) is 11.5 Å². The number of nitrogens with zero attached hydrogens (tertiary/aromatic N) is 3. The Morgan fingerprint density at radius 1 is 0.821 bits per heavy atom. The van der Waals surface area contributed by atoms with E-state index in [9.17, 15) is 14.7 Å². The highest BCUT2D eigenvalue weighted by molar-refractivity contribution is 6.25. The Morgan fingerprint density at radius 2 is 1.46 bits per heavy atom. The third-order valence-electron chi connectivity index (χ3n) is 7.28. The van der Waals surface area contributed by atoms with Crippen molar-refractivity contribution >= 4 is 22.6 Å². The molecule has 0 aromatic heterocycles. The maximum atomic E-state index is 13.1. The van der Waals surface area contributed by atoms with Crippen LogP contribution in [0.25, 0.3) is 10.8 Å². The van der Waals surface area contributed by atoms with Crippen LogP contribution in [-0.2, 0) is 4.74 Å². The molecule has 206 valence electrons. The van der Waals surface area contributed by atoms with E-state index in [2.05, 4.69) is 9.80 Å². The van der Waals surface area contributed by atoms with Crippen LogP contribution in [0.1, 0.15) is 20.7 Å². The lowest BCUT2D eigenvalue weighted by molar-refractivity contribution is -0.000362. The summed E-state index contributed by atoms with van der Waals surface area (Å²) in [5.74, 6) is 1.01. The highest BCUT2D eigenvalue weighted by atomic mass is 16.5. The first-order valence-electron chi connectivity index (χ1n) is 13.4. The molecule has 0 bridgehead atoms. The molecule has 9 heteroatoms. The molecule has 9 nitrogen and oxygen atoms in total. The summed E-state index contributed by atoms with van der Waals surface area (Å²) in [6.45, 7) is 5.77. The first-order chi connectivity index (χ1) is 19.0. The smallest absolute Gasteiger partial charge is 0.261 e. The minimum absolute atomic E-state index is 0.222. The van der Waals surface area contributed by atoms with Crippen molar-refractivity contribution in [3.05, 3.63) is 71.8 Å². The van der Waals surface area contributed by atoms with Gasteiger partial charge in [0.15, 0.2) is 0 Å². The van der Waals surface area contributed by atoms with Gasteiger partial charge in [0.05, 0.1) is 26.4 Å². The summed E-state index contributed by atoms with van der Waals surface area (Å²) in [6, 6.07) is 18.6. The average Bonchev–Trinajstić information content (AvgIpc) is 2.96. The number of rotatable bonds is 12. The van der Waals surface area contributed by atoms with E-state index < -0.39 is 6.10 Å². The quantitative estimate of drug-likeness (QED) is 0.281. The fourth-order valence-electron chi connectivity index (χ4n) is 5.20. The number of β-amino-alcohol motifs (C(OH)–C–C–N with tert-alkyl or cyclic N) is 1. The number of hydrogen-bond donors (Lipinski definition) is 1. The van der Waals surface area contributed by atoms with E-state index in [1.807, 2.05) is 48.5 Å². The van der Waals surface area contributed by atoms with Crippen LogP contribution in [0.4, 0.5) is 0 Å². The predicted molar refractivity (Wildman–Crippen MR) is 148 cm³/mol. The number of aliphatic hydroxyl groups is 1. The van der Waals surface area contributed by atoms with Crippen molar-refractivity contribution in [1.82, 2.24) is 14.7 Å². The highest BCUT2D eigenvalue weighted by Crippen LogP contribution is 2.29. The average molecular weight is 534 g/mol. The van der Waals surface area contributed by atoms with Crippen LogP contribution >= 0.6 is 0 Å². The van der Waals surface area contributed by atoms with Crippen LogP contribution in [0.5, 0.6) is 11.5 Å². The number of carbonyl (C=O) groups is 2. The van der Waals surface area contributed by atoms with E-state index in [0.717, 1.165) is 42.7 Å². The molecule has 3 aromatic carbocycles. The highest BCUT2D eigenvalue weighted by Gasteiger charge is 2.33. The number of carbonyl (C=O) groups excluding carboxylic acids is 2. The zero-order valence-electron chi connectivity index (χ0n) is 22.3. The van der Waals surface area contributed by atoms with E-state index in [0.29, 0.717) is 49.7 Å². The molecule has 2 aliphatic rings. The number of hydrogen-bond acceptors (Lipinski definition) is 8. The molecule has 3 aromatic rings. The molecule has 1 N–H and O–H groups in total. The standard InChI is InChI=1S/C30H35N3O6/c1-37-24-7-4-8-25(19-24)39-18-17-38-21-23(34)20-32-13-11-31(12-14-32)15-16-33-29(35)26-9-2-5-22-6-3-10-27(28(22)26)30(33)36/h2-10,19,23,34H,11-18,20-21H2,1H3. The maximum absolute atomic E-state index is 13.1. The van der Waals surface area contributed by atoms with Crippen LogP contribution in [0.3, 0.4) is 0 Å². The van der Waals surface area contributed by atoms with Crippen molar-refractivity contribution in [2.24, 2.45) is 0 Å². The van der Waals surface area contributed by atoms with Gasteiger partial charge in [0.2, 0.25) is 0 Å². The second kappa shape index (κ2) is 12.6. The third-order valence-corrected chi connectivity index (χ3v) is 7.28. The number of amides is 2. The molecular weight excluding hydrogens is 498 g/mol. The molecule has 2 amide bonds. The zero-order valence-corrected chi connectivity index (χ0v) is 22.3. The summed E-state index contributed by atoms with van der Waals surface area (Å²) in [5.41, 5.74) is 1.19. The van der Waals surface area contributed by atoms with Crippen LogP contribution in [0, 0.1) is 0 Å². The fraction of sp³-hybridized carbons (Fsp3) is 0.400. The minimum Gasteiger partial charge on any atom is -0.497 e. The van der Waals surface area contributed by atoms with Crippen LogP contribution in [0.15, 0.2) is 60.7 Å². The van der Waals surface area contributed by atoms with Gasteiger partial charge in [-0.15, -0.1) is 0 Å². The van der Waals surface area contributed by atoms with E-state index in [1.165, 1.54) is 4.90 Å². The lowest BCUT2D eigenvalue weighted by Crippen LogP contribution is -2.51. The summed E-state index contributed by atoms with van der Waals surface area (Å²) in [6.07, 6.45) is -0.584. The van der Waals surface area contributed by atoms with Gasteiger partial charge in [0.1, 0.15) is 18.1 Å². The largest absolute Gasteiger partial charge is 0.497 e. The Hall–Kier alpha value is -3.50. The summed E-state index contributed by atoms with van der Waals surface area (Å²) in [5, 5.41) is 12.1. The molecule has 1 saturated heterocycles. The van der Waals surface area contributed by atoms with Crippen LogP contribution < -0.4 is 9.47 Å². The number of benzene rings is 3. The van der Waals surface area contributed by atoms with Crippen LogP contribution in [0.2, 0.25) is 0 Å². The molecule has 1 fully saturated rings. The molecule has 2 heterocycles. The maximum Gasteiger partial charge on any atom is 0.261 e. The molecule has 1 atom stereocenters. The number of aliphatic hydroxyl groups excluding tert-OH is 1. The van der Waals surface area contributed by atoms with Crippen molar-refractivity contribution in [2.75, 3.05) is 72.7 Å². The minimum atomic E-state index is -0.584. The van der Waals surface area contributed by atoms with Crippen molar-refractivity contribution in [3.63, 3.8) is 0 Å². The van der Waals surface area contributed by atoms with Gasteiger partial charge in [-0.1, -0.05) is 30.3 Å². The van der Waals surface area contributed by atoms with E-state index >= 15 is 0 Å². The topological polar surface area (TPSA) is 91.8 Å². The Morgan fingerprint density at radius 3 is 2.15 bits per heavy atom. The predicted octanol–water partition coefficient (Wildman–Crippen LogP) is 2.52. The molecule has 39 heavy (non-hydrogen) atoms. The Balaban J connectivity index is 1.00. The molecule has 0 saturated carbocycles. The molecule has 2 aliphatic heterocycles. The fourth-order valence-corrected chi connectivity index (χ4v) is 5.20. The Kier molecular flexibility index (Phi) is 8.73. The Bertz CT molecular complexity index is 1260. The number of piperazine rings is 1. The normalized spacial score (nSPS) is 17.0. The lowest BCUT2D eigenvalue weighted by atomic mass is 9.94. The number of ether oxygens (including phenoxy) is 3. The first kappa shape index (κ1) is 27.1. The molecule has 5 rings (SSSR count). The zero-order chi connectivity index (χ0) is 27.2. The Labute approximate surface area is 228 Å². The van der Waals surface area contributed by atoms with Gasteiger partial charge in [0.25, 0.3) is 11.8 Å². The molecule has 1 unspecified atom stereocenters. The van der Waals surface area contributed by atoms with Crippen molar-refractivity contribution in [1.29, 1.82) is 0 Å². The van der Waals surface area contributed by atoms with Gasteiger partial charge in [-0.25, -0.2) is 0 Å². The van der Waals surface area contributed by atoms with Gasteiger partial charge in [0, 0.05) is 68.4 Å². The lowest BCUT2D eigenvalue weighted by Gasteiger charge is -2.36. The first-order valence-corrected chi connectivity index (χ1v) is 13.4. The number of methoxy groups -OCH3 is 1. The number of imide groups is 1. The second-order valence-electron chi connectivity index (χ2n) is 9.87. The summed E-state index contributed by atoms with van der Waals surface area (Å²) < 4.78 is 16.4. The monoisotopic (exact) mass is 533 g/mol. The summed E-state index contributed by atoms with van der Waals surface area (Å²) >= 11 is 0. The molecule has 0 radical (unpaired) electrons. The molecule has 0 aliphatic carbocycles. The molecular formula is C30H35N3O6. The van der Waals surface area contributed by atoms with Gasteiger partial charge in [-0.05, 0) is 29.7 Å². The summed E-state index contributed by atoms with van der Waals surface area (Å²) in [7, 11) is 1.61. The summed E-state index contributed by atoms with van der Waals surface area (Å²) in [4.78, 5) is 32.1. The van der Waals surface area contributed by atoms with E-state index in [1.54, 1.807) is 19.2 Å².